The topological polar surface area (TPSA) is 84.2 Å². The van der Waals surface area contributed by atoms with Crippen molar-refractivity contribution in [2.75, 3.05) is 5.32 Å². The second-order valence-electron chi connectivity index (χ2n) is 6.41. The second kappa shape index (κ2) is 7.34. The first-order valence-corrected chi connectivity index (χ1v) is 7.94. The van der Waals surface area contributed by atoms with Crippen LogP contribution in [0.1, 0.15) is 37.9 Å². The fourth-order valence-electron chi connectivity index (χ4n) is 2.55. The van der Waals surface area contributed by atoms with Crippen LogP contribution in [0.4, 0.5) is 14.9 Å². The number of hydrogen-bond donors (Lipinski definition) is 3. The number of carbonyl (C=O) groups is 2. The Morgan fingerprint density at radius 2 is 1.68 bits per heavy atom. The van der Waals surface area contributed by atoms with Crippen LogP contribution in [0.25, 0.3) is 0 Å². The molecule has 0 heterocycles. The summed E-state index contributed by atoms with van der Waals surface area (Å²) in [4.78, 5) is 23.5. The molecule has 0 aliphatic rings. The summed E-state index contributed by atoms with van der Waals surface area (Å²) in [6.07, 6.45) is 0. The van der Waals surface area contributed by atoms with Crippen molar-refractivity contribution in [2.45, 2.75) is 32.2 Å². The lowest BCUT2D eigenvalue weighted by molar-refractivity contribution is -0.126. The number of carbonyl (C=O) groups excluding carboxylic acids is 2. The van der Waals surface area contributed by atoms with Crippen molar-refractivity contribution in [3.05, 3.63) is 65.5 Å². The highest BCUT2D eigenvalue weighted by molar-refractivity contribution is 5.88. The average molecular weight is 343 g/mol. The molecule has 4 N–H and O–H groups in total. The number of primary amides is 1. The predicted molar refractivity (Wildman–Crippen MR) is 95.6 cm³/mol. The van der Waals surface area contributed by atoms with Crippen LogP contribution >= 0.6 is 0 Å². The molecule has 2 aromatic rings. The Balaban J connectivity index is 2.11. The SMILES string of the molecule is CC(NC(=O)C(C)(C)c1ccccc1F)c1ccc(NC(N)=O)cc1. The summed E-state index contributed by atoms with van der Waals surface area (Å²) in [6.45, 7) is 5.21. The van der Waals surface area contributed by atoms with Crippen molar-refractivity contribution in [2.24, 2.45) is 5.73 Å². The van der Waals surface area contributed by atoms with Gasteiger partial charge in [0.25, 0.3) is 0 Å². The van der Waals surface area contributed by atoms with Gasteiger partial charge in [-0.2, -0.15) is 0 Å². The maximum absolute atomic E-state index is 14.0. The summed E-state index contributed by atoms with van der Waals surface area (Å²) < 4.78 is 14.0. The Kier molecular flexibility index (Phi) is 5.41. The van der Waals surface area contributed by atoms with Gasteiger partial charge in [0, 0.05) is 11.3 Å². The van der Waals surface area contributed by atoms with Crippen LogP contribution in [-0.2, 0) is 10.2 Å². The van der Waals surface area contributed by atoms with Crippen molar-refractivity contribution in [3.8, 4) is 0 Å². The van der Waals surface area contributed by atoms with Crippen molar-refractivity contribution in [1.82, 2.24) is 5.32 Å². The Bertz CT molecular complexity index is 772. The molecule has 0 aliphatic carbocycles. The van der Waals surface area contributed by atoms with Gasteiger partial charge < -0.3 is 16.4 Å². The lowest BCUT2D eigenvalue weighted by Crippen LogP contribution is -2.41. The first kappa shape index (κ1) is 18.4. The third-order valence-electron chi connectivity index (χ3n) is 4.14. The van der Waals surface area contributed by atoms with Crippen molar-refractivity contribution >= 4 is 17.6 Å². The van der Waals surface area contributed by atoms with E-state index in [-0.39, 0.29) is 11.9 Å². The summed E-state index contributed by atoms with van der Waals surface area (Å²) in [5.41, 5.74) is 5.83. The van der Waals surface area contributed by atoms with Crippen LogP contribution in [-0.4, -0.2) is 11.9 Å². The van der Waals surface area contributed by atoms with Gasteiger partial charge in [-0.25, -0.2) is 9.18 Å². The second-order valence-corrected chi connectivity index (χ2v) is 6.41. The summed E-state index contributed by atoms with van der Waals surface area (Å²) in [7, 11) is 0. The first-order chi connectivity index (χ1) is 11.7. The molecule has 2 aromatic carbocycles. The summed E-state index contributed by atoms with van der Waals surface area (Å²) in [6, 6.07) is 12.3. The third kappa shape index (κ3) is 4.35. The van der Waals surface area contributed by atoms with Crippen LogP contribution in [0.3, 0.4) is 0 Å². The number of halogens is 1. The highest BCUT2D eigenvalue weighted by Crippen LogP contribution is 2.27. The van der Waals surface area contributed by atoms with Crippen LogP contribution in [0.5, 0.6) is 0 Å². The zero-order valence-corrected chi connectivity index (χ0v) is 14.5. The van der Waals surface area contributed by atoms with Crippen LogP contribution in [0, 0.1) is 5.82 Å². The van der Waals surface area contributed by atoms with E-state index in [0.29, 0.717) is 11.3 Å². The predicted octanol–water partition coefficient (Wildman–Crippen LogP) is 3.47. The van der Waals surface area contributed by atoms with Crippen LogP contribution in [0.15, 0.2) is 48.5 Å². The van der Waals surface area contributed by atoms with E-state index in [4.69, 9.17) is 5.73 Å². The number of amides is 3. The number of benzene rings is 2. The number of nitrogens with one attached hydrogen (secondary N) is 2. The highest BCUT2D eigenvalue weighted by atomic mass is 19.1. The van der Waals surface area contributed by atoms with Gasteiger partial charge in [-0.05, 0) is 44.5 Å². The number of hydrogen-bond acceptors (Lipinski definition) is 2. The van der Waals surface area contributed by atoms with Gasteiger partial charge in [0.05, 0.1) is 11.5 Å². The fraction of sp³-hybridized carbons (Fsp3) is 0.263. The molecule has 0 aromatic heterocycles. The Morgan fingerprint density at radius 3 is 2.24 bits per heavy atom. The number of urea groups is 1. The van der Waals surface area contributed by atoms with E-state index in [2.05, 4.69) is 10.6 Å². The molecule has 5 nitrogen and oxygen atoms in total. The van der Waals surface area contributed by atoms with E-state index in [9.17, 15) is 14.0 Å². The molecule has 2 rings (SSSR count). The number of rotatable bonds is 5. The van der Waals surface area contributed by atoms with E-state index >= 15 is 0 Å². The quantitative estimate of drug-likeness (QED) is 0.776. The van der Waals surface area contributed by atoms with Gasteiger partial charge in [0.1, 0.15) is 5.82 Å². The molecule has 0 bridgehead atoms. The van der Waals surface area contributed by atoms with Gasteiger partial charge >= 0.3 is 6.03 Å². The standard InChI is InChI=1S/C19H22FN3O2/c1-12(13-8-10-14(11-9-13)23-18(21)25)22-17(24)19(2,3)15-6-4-5-7-16(15)20/h4-12H,1-3H3,(H,22,24)(H3,21,23,25). The smallest absolute Gasteiger partial charge is 0.316 e. The van der Waals surface area contributed by atoms with Crippen molar-refractivity contribution in [3.63, 3.8) is 0 Å². The molecule has 0 aliphatic heterocycles. The molecule has 132 valence electrons. The minimum Gasteiger partial charge on any atom is -0.351 e. The van der Waals surface area contributed by atoms with Crippen molar-refractivity contribution in [1.29, 1.82) is 0 Å². The van der Waals surface area contributed by atoms with E-state index < -0.39 is 17.3 Å². The molecule has 0 fully saturated rings. The van der Waals surface area contributed by atoms with Crippen LogP contribution < -0.4 is 16.4 Å². The molecule has 0 saturated carbocycles. The zero-order chi connectivity index (χ0) is 18.6. The molecule has 1 atom stereocenters. The van der Waals surface area contributed by atoms with Crippen molar-refractivity contribution < 1.29 is 14.0 Å². The fourth-order valence-corrected chi connectivity index (χ4v) is 2.55. The number of nitrogens with two attached hydrogens (primary N) is 1. The van der Waals surface area contributed by atoms with E-state index in [1.807, 2.05) is 6.92 Å². The van der Waals surface area contributed by atoms with E-state index in [0.717, 1.165) is 5.56 Å². The van der Waals surface area contributed by atoms with E-state index in [1.165, 1.54) is 6.07 Å². The lowest BCUT2D eigenvalue weighted by atomic mass is 9.83. The Morgan fingerprint density at radius 1 is 1.08 bits per heavy atom. The van der Waals surface area contributed by atoms with Crippen LogP contribution in [0.2, 0.25) is 0 Å². The van der Waals surface area contributed by atoms with Gasteiger partial charge in [-0.3, -0.25) is 4.79 Å². The van der Waals surface area contributed by atoms with Gasteiger partial charge in [-0.1, -0.05) is 30.3 Å². The lowest BCUT2D eigenvalue weighted by Gasteiger charge is -2.27. The summed E-state index contributed by atoms with van der Waals surface area (Å²) in [5, 5.41) is 5.38. The number of anilines is 1. The molecule has 0 radical (unpaired) electrons. The summed E-state index contributed by atoms with van der Waals surface area (Å²) in [5.74, 6) is -0.679. The van der Waals surface area contributed by atoms with E-state index in [1.54, 1.807) is 56.3 Å². The Labute approximate surface area is 146 Å². The van der Waals surface area contributed by atoms with Gasteiger partial charge in [-0.15, -0.1) is 0 Å². The molecule has 3 amide bonds. The van der Waals surface area contributed by atoms with Gasteiger partial charge in [0.2, 0.25) is 5.91 Å². The maximum atomic E-state index is 14.0. The first-order valence-electron chi connectivity index (χ1n) is 7.94. The molecule has 0 saturated heterocycles. The van der Waals surface area contributed by atoms with Gasteiger partial charge in [0.15, 0.2) is 0 Å². The molecule has 6 heteroatoms. The molecular weight excluding hydrogens is 321 g/mol. The monoisotopic (exact) mass is 343 g/mol. The normalized spacial score (nSPS) is 12.3. The summed E-state index contributed by atoms with van der Waals surface area (Å²) >= 11 is 0. The molecule has 25 heavy (non-hydrogen) atoms. The Hall–Kier alpha value is -2.89. The average Bonchev–Trinajstić information content (AvgIpc) is 2.55. The minimum absolute atomic E-state index is 0.274. The highest BCUT2D eigenvalue weighted by Gasteiger charge is 2.33. The molecule has 1 unspecified atom stereocenters. The molecule has 0 spiro atoms. The largest absolute Gasteiger partial charge is 0.351 e. The zero-order valence-electron chi connectivity index (χ0n) is 14.5. The maximum Gasteiger partial charge on any atom is 0.316 e. The minimum atomic E-state index is -1.01. The third-order valence-corrected chi connectivity index (χ3v) is 4.14. The molecular formula is C19H22FN3O2.